The van der Waals surface area contributed by atoms with Crippen molar-refractivity contribution < 1.29 is 18.9 Å². The molecular weight excluding hydrogens is 127 g/mol. The molecule has 2 bridgehead atoms. The summed E-state index contributed by atoms with van der Waals surface area (Å²) in [5, 5.41) is 0. The van der Waals surface area contributed by atoms with Gasteiger partial charge in [-0.1, -0.05) is 44.9 Å². The molecule has 1 heteroatoms. The van der Waals surface area contributed by atoms with Gasteiger partial charge in [0.15, 0.2) is 0 Å². The van der Waals surface area contributed by atoms with Gasteiger partial charge in [-0.25, -0.2) is 0 Å². The Morgan fingerprint density at radius 1 is 1.27 bits per heavy atom. The van der Waals surface area contributed by atoms with E-state index in [1.807, 2.05) is 0 Å². The first-order valence-corrected chi connectivity index (χ1v) is 4.41. The molecule has 2 aliphatic rings. The fourth-order valence-corrected chi connectivity index (χ4v) is 2.80. The zero-order valence-electron chi connectivity index (χ0n) is 8.28. The minimum Gasteiger partial charge on any atom is -0.322 e. The van der Waals surface area contributed by atoms with Gasteiger partial charge in [-0.05, 0) is 0 Å². The number of hydrogen-bond acceptors (Lipinski definition) is 0. The van der Waals surface area contributed by atoms with Crippen molar-refractivity contribution in [1.29, 1.82) is 0 Å². The molecule has 0 radical (unpaired) electrons. The van der Waals surface area contributed by atoms with Gasteiger partial charge in [0.2, 0.25) is 0 Å². The van der Waals surface area contributed by atoms with Crippen molar-refractivity contribution in [2.75, 3.05) is 0 Å². The molecule has 0 amide bonds. The topological polar surface area (TPSA) is 0 Å². The van der Waals surface area contributed by atoms with E-state index in [4.69, 9.17) is 0 Å². The smallest absolute Gasteiger partial charge is 0.322 e. The number of rotatable bonds is 0. The number of fused-ring (bicyclic) bond motifs is 2. The third kappa shape index (κ3) is 1.03. The first-order valence-electron chi connectivity index (χ1n) is 4.41. The molecule has 2 saturated carbocycles. The molecule has 2 rings (SSSR count). The maximum atomic E-state index is 2.56. The molecule has 0 N–H and O–H groups in total. The molecule has 0 spiro atoms. The fourth-order valence-electron chi connectivity index (χ4n) is 2.80. The van der Waals surface area contributed by atoms with E-state index < -0.39 is 0 Å². The van der Waals surface area contributed by atoms with Crippen LogP contribution in [0, 0.1) is 23.2 Å². The Morgan fingerprint density at radius 2 is 1.91 bits per heavy atom. The summed E-state index contributed by atoms with van der Waals surface area (Å²) in [5.41, 5.74) is 1.19. The van der Waals surface area contributed by atoms with Gasteiger partial charge < -0.3 is 6.42 Å². The molecule has 0 heterocycles. The molecule has 0 aromatic rings. The van der Waals surface area contributed by atoms with Crippen LogP contribution < -0.4 is 18.9 Å². The molecule has 0 aromatic carbocycles. The van der Waals surface area contributed by atoms with Crippen molar-refractivity contribution in [3.63, 3.8) is 0 Å². The normalized spacial score (nSPS) is 45.5. The van der Waals surface area contributed by atoms with E-state index >= 15 is 0 Å². The molecule has 2 unspecified atom stereocenters. The molecule has 2 atom stereocenters. The van der Waals surface area contributed by atoms with Crippen LogP contribution in [0.5, 0.6) is 0 Å². The van der Waals surface area contributed by atoms with Crippen molar-refractivity contribution in [2.24, 2.45) is 16.7 Å². The zero-order chi connectivity index (χ0) is 7.41. The maximum absolute atomic E-state index is 2.56. The van der Waals surface area contributed by atoms with Crippen LogP contribution in [0.2, 0.25) is 0 Å². The van der Waals surface area contributed by atoms with Gasteiger partial charge >= 0.3 is 18.9 Å². The molecule has 2 aliphatic carbocycles. The molecular formula is C10H17Li. The standard InChI is InChI=1S/C10H17.Li/c1-9(2)8-4-6-10(9,3)7-5-8;/h6,8H,4-5,7H2,1-3H3;/q-1;+1. The molecule has 2 fully saturated rings. The zero-order valence-corrected chi connectivity index (χ0v) is 8.28. The Hall–Kier alpha value is 0.597. The van der Waals surface area contributed by atoms with E-state index in [1.165, 1.54) is 19.3 Å². The molecule has 11 heavy (non-hydrogen) atoms. The van der Waals surface area contributed by atoms with E-state index in [-0.39, 0.29) is 18.9 Å². The summed E-state index contributed by atoms with van der Waals surface area (Å²) in [6, 6.07) is 0. The van der Waals surface area contributed by atoms with E-state index in [1.54, 1.807) is 0 Å². The van der Waals surface area contributed by atoms with Crippen LogP contribution in [0.4, 0.5) is 0 Å². The van der Waals surface area contributed by atoms with Gasteiger partial charge in [0, 0.05) is 0 Å². The van der Waals surface area contributed by atoms with Crippen molar-refractivity contribution >= 4 is 0 Å². The molecule has 0 nitrogen and oxygen atoms in total. The quantitative estimate of drug-likeness (QED) is 0.332. The Kier molecular flexibility index (Phi) is 2.24. The SMILES string of the molecule is CC12[CH-]CC(CC1)C2(C)C.[Li+]. The predicted octanol–water partition coefficient (Wildman–Crippen LogP) is 0.0409. The fraction of sp³-hybridized carbons (Fsp3) is 0.900. The Balaban J connectivity index is 0.000000605. The van der Waals surface area contributed by atoms with Crippen LogP contribution in [-0.2, 0) is 0 Å². The van der Waals surface area contributed by atoms with Gasteiger partial charge in [0.05, 0.1) is 0 Å². The summed E-state index contributed by atoms with van der Waals surface area (Å²) in [4.78, 5) is 0. The van der Waals surface area contributed by atoms with Crippen LogP contribution >= 0.6 is 0 Å². The van der Waals surface area contributed by atoms with Crippen LogP contribution in [0.1, 0.15) is 40.0 Å². The molecule has 58 valence electrons. The summed E-state index contributed by atoms with van der Waals surface area (Å²) < 4.78 is 0. The van der Waals surface area contributed by atoms with Crippen molar-refractivity contribution in [3.05, 3.63) is 6.42 Å². The van der Waals surface area contributed by atoms with Crippen molar-refractivity contribution in [3.8, 4) is 0 Å². The Morgan fingerprint density at radius 3 is 2.00 bits per heavy atom. The van der Waals surface area contributed by atoms with Gasteiger partial charge in [-0.2, -0.15) is 11.8 Å². The second-order valence-electron chi connectivity index (χ2n) is 4.81. The minimum absolute atomic E-state index is 0. The third-order valence-electron chi connectivity index (χ3n) is 4.36. The van der Waals surface area contributed by atoms with E-state index in [9.17, 15) is 0 Å². The Labute approximate surface area is 82.3 Å². The van der Waals surface area contributed by atoms with Crippen LogP contribution in [0.3, 0.4) is 0 Å². The van der Waals surface area contributed by atoms with Crippen LogP contribution in [0.15, 0.2) is 0 Å². The average molecular weight is 144 g/mol. The van der Waals surface area contributed by atoms with Gasteiger partial charge in [0.25, 0.3) is 0 Å². The van der Waals surface area contributed by atoms with E-state index in [0.717, 1.165) is 5.92 Å². The first kappa shape index (κ1) is 9.68. The minimum atomic E-state index is 0. The summed E-state index contributed by atoms with van der Waals surface area (Å²) >= 11 is 0. The van der Waals surface area contributed by atoms with Crippen LogP contribution in [-0.4, -0.2) is 0 Å². The second-order valence-corrected chi connectivity index (χ2v) is 4.81. The monoisotopic (exact) mass is 144 g/mol. The Bertz CT molecular complexity index is 150. The van der Waals surface area contributed by atoms with Gasteiger partial charge in [-0.3, -0.25) is 0 Å². The average Bonchev–Trinajstić information content (AvgIpc) is 2.18. The molecule has 0 aliphatic heterocycles. The molecule has 0 saturated heterocycles. The van der Waals surface area contributed by atoms with E-state index in [0.29, 0.717) is 10.8 Å². The summed E-state index contributed by atoms with van der Waals surface area (Å²) in [7, 11) is 0. The van der Waals surface area contributed by atoms with Crippen LogP contribution in [0.25, 0.3) is 0 Å². The van der Waals surface area contributed by atoms with Gasteiger partial charge in [0.1, 0.15) is 0 Å². The number of hydrogen-bond donors (Lipinski definition) is 0. The van der Waals surface area contributed by atoms with Gasteiger partial charge in [-0.15, -0.1) is 0 Å². The maximum Gasteiger partial charge on any atom is 1.00 e. The summed E-state index contributed by atoms with van der Waals surface area (Å²) in [6.45, 7) is 7.31. The van der Waals surface area contributed by atoms with E-state index in [2.05, 4.69) is 27.2 Å². The first-order chi connectivity index (χ1) is 4.56. The van der Waals surface area contributed by atoms with Crippen molar-refractivity contribution in [1.82, 2.24) is 0 Å². The molecule has 0 aromatic heterocycles. The third-order valence-corrected chi connectivity index (χ3v) is 4.36. The second kappa shape index (κ2) is 2.54. The predicted molar refractivity (Wildman–Crippen MR) is 43.5 cm³/mol. The largest absolute Gasteiger partial charge is 1.00 e. The summed E-state index contributed by atoms with van der Waals surface area (Å²) in [5.74, 6) is 0.998. The summed E-state index contributed by atoms with van der Waals surface area (Å²) in [6.07, 6.45) is 6.84. The van der Waals surface area contributed by atoms with Crippen molar-refractivity contribution in [2.45, 2.75) is 40.0 Å².